The number of para-hydroxylation sites is 2. The Morgan fingerprint density at radius 2 is 1.43 bits per heavy atom. The first-order chi connectivity index (χ1) is 14.3. The Kier molecular flexibility index (Phi) is 7.45. The second-order valence-electron chi connectivity index (χ2n) is 6.40. The molecule has 30 heavy (non-hydrogen) atoms. The average molecular weight is 568 g/mol. The number of hydrogen-bond acceptors (Lipinski definition) is 3. The van der Waals surface area contributed by atoms with Gasteiger partial charge in [0, 0.05) is 37.3 Å². The summed E-state index contributed by atoms with van der Waals surface area (Å²) in [6.45, 7) is 0. The first kappa shape index (κ1) is 21.4. The summed E-state index contributed by atoms with van der Waals surface area (Å²) in [5.41, 5.74) is 4.50. The third-order valence-corrected chi connectivity index (χ3v) is 4.43. The molecule has 1 N–H and O–H groups in total. The van der Waals surface area contributed by atoms with Crippen LogP contribution in [0.25, 0.3) is 33.4 Å². The van der Waals surface area contributed by atoms with Gasteiger partial charge in [0.1, 0.15) is 5.75 Å². The zero-order valence-corrected chi connectivity index (χ0v) is 18.5. The van der Waals surface area contributed by atoms with E-state index in [4.69, 9.17) is 0 Å². The molecule has 0 aliphatic rings. The Morgan fingerprint density at radius 3 is 2.20 bits per heavy atom. The topological polar surface area (TPSA) is 46.0 Å². The van der Waals surface area contributed by atoms with Gasteiger partial charge in [-0.3, -0.25) is 0 Å². The normalized spacial score (nSPS) is 9.87. The number of nitrogens with zero attached hydrogens (tertiary/aromatic N) is 2. The van der Waals surface area contributed by atoms with Crippen molar-refractivity contribution in [3.8, 4) is 28.3 Å². The van der Waals surface area contributed by atoms with Crippen LogP contribution in [-0.4, -0.2) is 15.1 Å². The van der Waals surface area contributed by atoms with Gasteiger partial charge in [0.25, 0.3) is 0 Å². The second kappa shape index (κ2) is 10.4. The van der Waals surface area contributed by atoms with E-state index >= 15 is 0 Å². The van der Waals surface area contributed by atoms with E-state index in [9.17, 15) is 5.11 Å². The largest absolute Gasteiger partial charge is 0.507 e. The number of benzene rings is 3. The maximum Gasteiger partial charge on any atom is 0.124 e. The van der Waals surface area contributed by atoms with Gasteiger partial charge in [0.2, 0.25) is 0 Å². The standard InChI is InChI=1S/C15H11NO.C11H8N.Ir/c17-15-8-4-2-6-12(15)14-10-9-11-5-1-3-7-13(11)16-14;1-2-6-10(7-3-1)11-8-4-5-9-12-11;/h1-10,17H;1-6,8-9H;/q;-1;. The van der Waals surface area contributed by atoms with Crippen molar-refractivity contribution >= 4 is 10.9 Å². The van der Waals surface area contributed by atoms with Gasteiger partial charge in [0.15, 0.2) is 0 Å². The summed E-state index contributed by atoms with van der Waals surface area (Å²) >= 11 is 0. The van der Waals surface area contributed by atoms with Gasteiger partial charge in [-0.25, -0.2) is 4.98 Å². The third-order valence-electron chi connectivity index (χ3n) is 4.43. The summed E-state index contributed by atoms with van der Waals surface area (Å²) in [4.78, 5) is 8.76. The number of pyridine rings is 2. The Bertz CT molecular complexity index is 1170. The molecule has 1 radical (unpaired) electrons. The molecule has 0 aliphatic carbocycles. The summed E-state index contributed by atoms with van der Waals surface area (Å²) < 4.78 is 0. The number of hydrogen-bond donors (Lipinski definition) is 1. The molecule has 4 heteroatoms. The number of aromatic hydroxyl groups is 1. The van der Waals surface area contributed by atoms with Crippen molar-refractivity contribution in [1.29, 1.82) is 0 Å². The zero-order chi connectivity index (χ0) is 19.9. The molecule has 0 saturated heterocycles. The van der Waals surface area contributed by atoms with Crippen LogP contribution >= 0.6 is 0 Å². The molecular formula is C26H19IrN2O-. The molecule has 5 rings (SSSR count). The van der Waals surface area contributed by atoms with Gasteiger partial charge in [-0.15, -0.1) is 35.9 Å². The van der Waals surface area contributed by atoms with E-state index in [2.05, 4.69) is 16.0 Å². The molecule has 0 spiro atoms. The van der Waals surface area contributed by atoms with Crippen LogP contribution in [0.5, 0.6) is 5.75 Å². The summed E-state index contributed by atoms with van der Waals surface area (Å²) in [7, 11) is 0. The molecule has 149 valence electrons. The predicted molar refractivity (Wildman–Crippen MR) is 117 cm³/mol. The molecule has 5 aromatic rings. The minimum Gasteiger partial charge on any atom is -0.507 e. The van der Waals surface area contributed by atoms with Crippen molar-refractivity contribution in [3.05, 3.63) is 115 Å². The number of fused-ring (bicyclic) bond motifs is 1. The van der Waals surface area contributed by atoms with Gasteiger partial charge in [-0.05, 0) is 36.0 Å². The summed E-state index contributed by atoms with van der Waals surface area (Å²) in [5.74, 6) is 0.260. The van der Waals surface area contributed by atoms with Crippen LogP contribution in [0, 0.1) is 6.07 Å². The van der Waals surface area contributed by atoms with Crippen molar-refractivity contribution in [2.75, 3.05) is 0 Å². The van der Waals surface area contributed by atoms with Crippen LogP contribution < -0.4 is 0 Å². The summed E-state index contributed by atoms with van der Waals surface area (Å²) in [5, 5.41) is 10.9. The van der Waals surface area contributed by atoms with E-state index in [0.717, 1.165) is 33.4 Å². The molecule has 0 fully saturated rings. The maximum atomic E-state index is 9.80. The minimum atomic E-state index is 0. The molecule has 0 bridgehead atoms. The SMILES string of the molecule is Oc1ccccc1-c1ccc2ccccc2n1.[Ir].[c-]1ccccc1-c1ccccn1. The minimum absolute atomic E-state index is 0. The molecule has 3 aromatic carbocycles. The number of aromatic nitrogens is 2. The fourth-order valence-electron chi connectivity index (χ4n) is 2.98. The molecule has 3 nitrogen and oxygen atoms in total. The predicted octanol–water partition coefficient (Wildman–Crippen LogP) is 6.15. The van der Waals surface area contributed by atoms with E-state index in [0.29, 0.717) is 0 Å². The fourth-order valence-corrected chi connectivity index (χ4v) is 2.98. The van der Waals surface area contributed by atoms with Crippen LogP contribution in [0.3, 0.4) is 0 Å². The first-order valence-electron chi connectivity index (χ1n) is 9.33. The van der Waals surface area contributed by atoms with E-state index in [1.54, 1.807) is 18.3 Å². The smallest absolute Gasteiger partial charge is 0.124 e. The molecule has 0 aliphatic heterocycles. The molecule has 0 unspecified atom stereocenters. The zero-order valence-electron chi connectivity index (χ0n) is 16.1. The van der Waals surface area contributed by atoms with E-state index in [1.807, 2.05) is 91.0 Å². The van der Waals surface area contributed by atoms with Crippen LogP contribution in [0.15, 0.2) is 109 Å². The van der Waals surface area contributed by atoms with E-state index in [1.165, 1.54) is 0 Å². The first-order valence-corrected chi connectivity index (χ1v) is 9.33. The van der Waals surface area contributed by atoms with Crippen molar-refractivity contribution in [3.63, 3.8) is 0 Å². The van der Waals surface area contributed by atoms with Crippen LogP contribution in [-0.2, 0) is 20.1 Å². The maximum absolute atomic E-state index is 9.80. The van der Waals surface area contributed by atoms with E-state index in [-0.39, 0.29) is 25.9 Å². The quantitative estimate of drug-likeness (QED) is 0.260. The molecule has 0 atom stereocenters. The molecule has 2 aromatic heterocycles. The van der Waals surface area contributed by atoms with E-state index < -0.39 is 0 Å². The molecule has 0 saturated carbocycles. The number of rotatable bonds is 2. The summed E-state index contributed by atoms with van der Waals surface area (Å²) in [6.07, 6.45) is 1.79. The Balaban J connectivity index is 0.000000175. The average Bonchev–Trinajstić information content (AvgIpc) is 2.81. The van der Waals surface area contributed by atoms with Gasteiger partial charge in [-0.1, -0.05) is 48.5 Å². The van der Waals surface area contributed by atoms with Crippen molar-refractivity contribution in [2.45, 2.75) is 0 Å². The monoisotopic (exact) mass is 568 g/mol. The number of phenols is 1. The number of phenolic OH excluding ortho intramolecular Hbond substituents is 1. The van der Waals surface area contributed by atoms with Crippen molar-refractivity contribution in [2.24, 2.45) is 0 Å². The fraction of sp³-hybridized carbons (Fsp3) is 0. The molecule has 0 amide bonds. The van der Waals surface area contributed by atoms with Crippen LogP contribution in [0.2, 0.25) is 0 Å². The van der Waals surface area contributed by atoms with Crippen LogP contribution in [0.1, 0.15) is 0 Å². The van der Waals surface area contributed by atoms with Crippen molar-refractivity contribution in [1.82, 2.24) is 9.97 Å². The van der Waals surface area contributed by atoms with Gasteiger partial charge in [-0.2, -0.15) is 0 Å². The third kappa shape index (κ3) is 5.18. The molecule has 2 heterocycles. The van der Waals surface area contributed by atoms with Crippen LogP contribution in [0.4, 0.5) is 0 Å². The van der Waals surface area contributed by atoms with Gasteiger partial charge >= 0.3 is 0 Å². The van der Waals surface area contributed by atoms with Gasteiger partial charge in [0.05, 0.1) is 11.2 Å². The van der Waals surface area contributed by atoms with Gasteiger partial charge < -0.3 is 10.1 Å². The Labute approximate surface area is 189 Å². The molecular weight excluding hydrogens is 549 g/mol. The Hall–Kier alpha value is -3.33. The summed E-state index contributed by atoms with van der Waals surface area (Å²) in [6, 6.07) is 36.0. The Morgan fingerprint density at radius 1 is 0.667 bits per heavy atom. The van der Waals surface area contributed by atoms with Crippen molar-refractivity contribution < 1.29 is 25.2 Å². The second-order valence-corrected chi connectivity index (χ2v) is 6.40.